The lowest BCUT2D eigenvalue weighted by atomic mass is 9.92. The average Bonchev–Trinajstić information content (AvgIpc) is 2.18. The zero-order valence-corrected chi connectivity index (χ0v) is 11.4. The lowest BCUT2D eigenvalue weighted by molar-refractivity contribution is 0.389. The second kappa shape index (κ2) is 5.34. The Balaban J connectivity index is 2.73. The molecule has 0 aliphatic heterocycles. The summed E-state index contributed by atoms with van der Waals surface area (Å²) in [6.45, 7) is 11.3. The van der Waals surface area contributed by atoms with Crippen molar-refractivity contribution in [1.29, 1.82) is 0 Å². The number of hydrogen-bond donors (Lipinski definition) is 1. The summed E-state index contributed by atoms with van der Waals surface area (Å²) in [5, 5.41) is 3.12. The number of nitrogens with zero attached hydrogens (tertiary/aromatic N) is 2. The molecule has 0 saturated carbocycles. The van der Waals surface area contributed by atoms with Crippen molar-refractivity contribution in [2.45, 2.75) is 47.1 Å². The van der Waals surface area contributed by atoms with Crippen molar-refractivity contribution >= 4 is 5.82 Å². The fraction of sp³-hybridized carbons (Fsp3) is 0.692. The Hall–Kier alpha value is -1.32. The average molecular weight is 237 g/mol. The van der Waals surface area contributed by atoms with Crippen molar-refractivity contribution in [1.82, 2.24) is 9.55 Å². The van der Waals surface area contributed by atoms with E-state index in [2.05, 4.69) is 31.1 Å². The third kappa shape index (κ3) is 4.21. The molecule has 0 radical (unpaired) electrons. The van der Waals surface area contributed by atoms with E-state index >= 15 is 0 Å². The van der Waals surface area contributed by atoms with E-state index in [0.717, 1.165) is 13.0 Å². The predicted molar refractivity (Wildman–Crippen MR) is 71.4 cm³/mol. The van der Waals surface area contributed by atoms with Crippen LogP contribution in [0.5, 0.6) is 0 Å². The van der Waals surface area contributed by atoms with Crippen molar-refractivity contribution in [3.05, 3.63) is 22.7 Å². The minimum absolute atomic E-state index is 0.0450. The van der Waals surface area contributed by atoms with Crippen molar-refractivity contribution in [2.24, 2.45) is 5.41 Å². The largest absolute Gasteiger partial charge is 0.365 e. The van der Waals surface area contributed by atoms with Gasteiger partial charge in [0, 0.05) is 25.0 Å². The zero-order chi connectivity index (χ0) is 13.1. The summed E-state index contributed by atoms with van der Waals surface area (Å²) < 4.78 is 1.69. The molecule has 1 heterocycles. The maximum Gasteiger partial charge on any atom is 0.293 e. The number of hydrogen-bond acceptors (Lipinski definition) is 3. The van der Waals surface area contributed by atoms with Crippen molar-refractivity contribution in [3.8, 4) is 0 Å². The fourth-order valence-electron chi connectivity index (χ4n) is 1.51. The fourth-order valence-corrected chi connectivity index (χ4v) is 1.51. The molecule has 0 atom stereocenters. The molecule has 0 aliphatic rings. The van der Waals surface area contributed by atoms with Crippen LogP contribution >= 0.6 is 0 Å². The van der Waals surface area contributed by atoms with Gasteiger partial charge in [-0.2, -0.15) is 0 Å². The molecule has 0 spiro atoms. The summed E-state index contributed by atoms with van der Waals surface area (Å²) >= 11 is 0. The number of aromatic nitrogens is 2. The van der Waals surface area contributed by atoms with Gasteiger partial charge in [-0.3, -0.25) is 4.79 Å². The van der Waals surface area contributed by atoms with Crippen LogP contribution in [-0.2, 0) is 0 Å². The third-order valence-corrected chi connectivity index (χ3v) is 2.59. The molecule has 0 fully saturated rings. The lowest BCUT2D eigenvalue weighted by Gasteiger charge is -2.18. The van der Waals surface area contributed by atoms with Crippen molar-refractivity contribution < 1.29 is 0 Å². The Morgan fingerprint density at radius 2 is 2.06 bits per heavy atom. The van der Waals surface area contributed by atoms with Gasteiger partial charge in [-0.15, -0.1) is 0 Å². The van der Waals surface area contributed by atoms with Crippen LogP contribution in [0.2, 0.25) is 0 Å². The first-order valence-corrected chi connectivity index (χ1v) is 6.12. The van der Waals surface area contributed by atoms with Crippen LogP contribution in [0.25, 0.3) is 0 Å². The maximum atomic E-state index is 12.0. The molecule has 17 heavy (non-hydrogen) atoms. The predicted octanol–water partition coefficient (Wildman–Crippen LogP) is 2.67. The van der Waals surface area contributed by atoms with Crippen LogP contribution < -0.4 is 10.9 Å². The maximum absolute atomic E-state index is 12.0. The highest BCUT2D eigenvalue weighted by Crippen LogP contribution is 2.17. The summed E-state index contributed by atoms with van der Waals surface area (Å²) in [6.07, 6.45) is 4.40. The van der Waals surface area contributed by atoms with Crippen molar-refractivity contribution in [3.63, 3.8) is 0 Å². The van der Waals surface area contributed by atoms with Gasteiger partial charge in [0.2, 0.25) is 0 Å². The van der Waals surface area contributed by atoms with E-state index in [1.807, 2.05) is 13.8 Å². The smallest absolute Gasteiger partial charge is 0.293 e. The highest BCUT2D eigenvalue weighted by molar-refractivity contribution is 5.30. The summed E-state index contributed by atoms with van der Waals surface area (Å²) in [5.41, 5.74) is 0.218. The van der Waals surface area contributed by atoms with Crippen LogP contribution in [0.4, 0.5) is 5.82 Å². The van der Waals surface area contributed by atoms with Gasteiger partial charge in [0.05, 0.1) is 0 Å². The van der Waals surface area contributed by atoms with Crippen LogP contribution in [0.15, 0.2) is 17.2 Å². The number of nitrogens with one attached hydrogen (secondary N) is 1. The van der Waals surface area contributed by atoms with Gasteiger partial charge in [-0.1, -0.05) is 20.8 Å². The molecular formula is C13H23N3O. The van der Waals surface area contributed by atoms with Gasteiger partial charge in [-0.05, 0) is 25.7 Å². The first kappa shape index (κ1) is 13.7. The first-order valence-electron chi connectivity index (χ1n) is 6.12. The van der Waals surface area contributed by atoms with Gasteiger partial charge >= 0.3 is 0 Å². The molecule has 1 aromatic heterocycles. The number of rotatable bonds is 4. The molecular weight excluding hydrogens is 214 g/mol. The third-order valence-electron chi connectivity index (χ3n) is 2.59. The van der Waals surface area contributed by atoms with Crippen LogP contribution in [0, 0.1) is 5.41 Å². The lowest BCUT2D eigenvalue weighted by Crippen LogP contribution is -2.26. The molecule has 1 rings (SSSR count). The zero-order valence-electron chi connectivity index (χ0n) is 11.4. The molecule has 0 unspecified atom stereocenters. The van der Waals surface area contributed by atoms with E-state index in [1.165, 1.54) is 0 Å². The van der Waals surface area contributed by atoms with E-state index in [0.29, 0.717) is 5.82 Å². The van der Waals surface area contributed by atoms with Crippen molar-refractivity contribution in [2.75, 3.05) is 11.9 Å². The highest BCUT2D eigenvalue weighted by atomic mass is 16.1. The van der Waals surface area contributed by atoms with Gasteiger partial charge in [-0.25, -0.2) is 4.98 Å². The topological polar surface area (TPSA) is 46.9 Å². The summed E-state index contributed by atoms with van der Waals surface area (Å²) in [5.74, 6) is 0.449. The minimum atomic E-state index is -0.0450. The molecule has 0 bridgehead atoms. The molecule has 0 amide bonds. The standard InChI is InChI=1S/C13H23N3O/c1-10(2)16-9-8-15-11(12(16)17)14-7-6-13(3,4)5/h8-10H,6-7H2,1-5H3,(H,14,15). The molecule has 0 aliphatic carbocycles. The van der Waals surface area contributed by atoms with E-state index in [-0.39, 0.29) is 17.0 Å². The van der Waals surface area contributed by atoms with E-state index in [9.17, 15) is 4.79 Å². The van der Waals surface area contributed by atoms with E-state index in [1.54, 1.807) is 17.0 Å². The second-order valence-electron chi connectivity index (χ2n) is 5.82. The van der Waals surface area contributed by atoms with E-state index in [4.69, 9.17) is 0 Å². The number of anilines is 1. The Morgan fingerprint density at radius 1 is 1.41 bits per heavy atom. The summed E-state index contributed by atoms with van der Waals surface area (Å²) in [4.78, 5) is 16.1. The van der Waals surface area contributed by atoms with Gasteiger partial charge < -0.3 is 9.88 Å². The van der Waals surface area contributed by atoms with Crippen LogP contribution in [-0.4, -0.2) is 16.1 Å². The highest BCUT2D eigenvalue weighted by Gasteiger charge is 2.11. The molecule has 0 saturated heterocycles. The SMILES string of the molecule is CC(C)n1ccnc(NCCC(C)(C)C)c1=O. The first-order chi connectivity index (χ1) is 7.81. The molecule has 1 N–H and O–H groups in total. The second-order valence-corrected chi connectivity index (χ2v) is 5.82. The van der Waals surface area contributed by atoms with Gasteiger partial charge in [0.15, 0.2) is 5.82 Å². The summed E-state index contributed by atoms with van der Waals surface area (Å²) in [6, 6.07) is 0.161. The Labute approximate surface area is 103 Å². The molecule has 96 valence electrons. The quantitative estimate of drug-likeness (QED) is 0.875. The Bertz CT molecular complexity index is 415. The molecule has 1 aromatic rings. The molecule has 4 heteroatoms. The van der Waals surface area contributed by atoms with E-state index < -0.39 is 0 Å². The normalized spacial score (nSPS) is 11.9. The van der Waals surface area contributed by atoms with Gasteiger partial charge in [0.1, 0.15) is 0 Å². The Morgan fingerprint density at radius 3 is 2.59 bits per heavy atom. The molecule has 4 nitrogen and oxygen atoms in total. The Kier molecular flexibility index (Phi) is 4.32. The van der Waals surface area contributed by atoms with Gasteiger partial charge in [0.25, 0.3) is 5.56 Å². The van der Waals surface area contributed by atoms with Crippen LogP contribution in [0.1, 0.15) is 47.1 Å². The minimum Gasteiger partial charge on any atom is -0.365 e. The molecule has 0 aromatic carbocycles. The monoisotopic (exact) mass is 237 g/mol. The summed E-state index contributed by atoms with van der Waals surface area (Å²) in [7, 11) is 0. The van der Waals surface area contributed by atoms with Crippen LogP contribution in [0.3, 0.4) is 0 Å².